The van der Waals surface area contributed by atoms with Crippen LogP contribution < -0.4 is 0 Å². The molecule has 0 aromatic rings. The van der Waals surface area contributed by atoms with E-state index in [0.717, 1.165) is 37.7 Å². The van der Waals surface area contributed by atoms with Crippen molar-refractivity contribution in [1.29, 1.82) is 0 Å². The molecular formula is C17H24O3. The quantitative estimate of drug-likeness (QED) is 0.254. The lowest BCUT2D eigenvalue weighted by molar-refractivity contribution is -0.159. The summed E-state index contributed by atoms with van der Waals surface area (Å²) in [6.45, 7) is 3.93. The first-order chi connectivity index (χ1) is 9.56. The van der Waals surface area contributed by atoms with Gasteiger partial charge >= 0.3 is 5.97 Å². The predicted molar refractivity (Wildman–Crippen MR) is 79.0 cm³/mol. The summed E-state index contributed by atoms with van der Waals surface area (Å²) in [5.74, 6) is 2.16. The van der Waals surface area contributed by atoms with Crippen molar-refractivity contribution in [1.82, 2.24) is 0 Å². The van der Waals surface area contributed by atoms with Gasteiger partial charge < -0.3 is 4.74 Å². The topological polar surface area (TPSA) is 43.4 Å². The molecule has 0 radical (unpaired) electrons. The summed E-state index contributed by atoms with van der Waals surface area (Å²) < 4.78 is 4.92. The largest absolute Gasteiger partial charge is 0.468 e. The molecule has 1 aliphatic rings. The Morgan fingerprint density at radius 3 is 2.85 bits per heavy atom. The lowest BCUT2D eigenvalue weighted by atomic mass is 9.71. The highest BCUT2D eigenvalue weighted by Gasteiger charge is 2.45. The summed E-state index contributed by atoms with van der Waals surface area (Å²) in [5, 5.41) is 0. The maximum absolute atomic E-state index is 12.6. The van der Waals surface area contributed by atoms with Crippen molar-refractivity contribution >= 4 is 11.8 Å². The van der Waals surface area contributed by atoms with Gasteiger partial charge in [-0.25, -0.2) is 0 Å². The van der Waals surface area contributed by atoms with E-state index in [9.17, 15) is 9.59 Å². The van der Waals surface area contributed by atoms with Gasteiger partial charge in [-0.2, -0.15) is 0 Å². The van der Waals surface area contributed by atoms with Crippen LogP contribution in [0.1, 0.15) is 57.8 Å². The SMILES string of the molecule is C#CCCCCC1(C(=O)OC)CCCCC(=C)CC1=O. The number of hydrogen-bond donors (Lipinski definition) is 0. The van der Waals surface area contributed by atoms with Crippen LogP contribution in [-0.4, -0.2) is 18.9 Å². The Balaban J connectivity index is 2.88. The summed E-state index contributed by atoms with van der Waals surface area (Å²) in [5.41, 5.74) is -0.0567. The van der Waals surface area contributed by atoms with E-state index in [-0.39, 0.29) is 5.78 Å². The maximum atomic E-state index is 12.6. The van der Waals surface area contributed by atoms with Gasteiger partial charge in [-0.15, -0.1) is 12.3 Å². The molecule has 1 fully saturated rings. The van der Waals surface area contributed by atoms with Crippen LogP contribution in [0.2, 0.25) is 0 Å². The maximum Gasteiger partial charge on any atom is 0.319 e. The van der Waals surface area contributed by atoms with Crippen molar-refractivity contribution in [3.8, 4) is 12.3 Å². The molecule has 0 aromatic carbocycles. The van der Waals surface area contributed by atoms with Crippen molar-refractivity contribution < 1.29 is 14.3 Å². The Hall–Kier alpha value is -1.56. The van der Waals surface area contributed by atoms with Crippen LogP contribution in [0.3, 0.4) is 0 Å². The van der Waals surface area contributed by atoms with E-state index in [4.69, 9.17) is 11.2 Å². The third kappa shape index (κ3) is 3.96. The number of unbranched alkanes of at least 4 members (excludes halogenated alkanes) is 2. The van der Waals surface area contributed by atoms with Crippen LogP contribution in [0.5, 0.6) is 0 Å². The molecule has 3 nitrogen and oxygen atoms in total. The number of Topliss-reactive ketones (excluding diaryl/α,β-unsaturated/α-hetero) is 1. The molecule has 1 aliphatic carbocycles. The minimum Gasteiger partial charge on any atom is -0.468 e. The molecule has 0 saturated heterocycles. The van der Waals surface area contributed by atoms with Gasteiger partial charge in [0.2, 0.25) is 0 Å². The van der Waals surface area contributed by atoms with Crippen molar-refractivity contribution in [3.63, 3.8) is 0 Å². The zero-order valence-corrected chi connectivity index (χ0v) is 12.4. The summed E-state index contributed by atoms with van der Waals surface area (Å²) >= 11 is 0. The minimum atomic E-state index is -0.979. The van der Waals surface area contributed by atoms with Crippen LogP contribution in [0.15, 0.2) is 12.2 Å². The normalized spacial score (nSPS) is 23.6. The lowest BCUT2D eigenvalue weighted by Gasteiger charge is -2.31. The van der Waals surface area contributed by atoms with E-state index >= 15 is 0 Å². The molecule has 1 saturated carbocycles. The van der Waals surface area contributed by atoms with Gasteiger partial charge in [-0.1, -0.05) is 25.0 Å². The first-order valence-corrected chi connectivity index (χ1v) is 7.28. The van der Waals surface area contributed by atoms with Crippen LogP contribution in [0.4, 0.5) is 0 Å². The van der Waals surface area contributed by atoms with E-state index in [1.807, 2.05) is 0 Å². The predicted octanol–water partition coefficient (Wildman–Crippen LogP) is 3.43. The van der Waals surface area contributed by atoms with Crippen LogP contribution in [-0.2, 0) is 14.3 Å². The van der Waals surface area contributed by atoms with Crippen LogP contribution >= 0.6 is 0 Å². The van der Waals surface area contributed by atoms with Crippen LogP contribution in [0.25, 0.3) is 0 Å². The van der Waals surface area contributed by atoms with Gasteiger partial charge in [-0.05, 0) is 32.1 Å². The molecule has 0 amide bonds. The molecule has 1 atom stereocenters. The highest BCUT2D eigenvalue weighted by Crippen LogP contribution is 2.38. The van der Waals surface area contributed by atoms with E-state index in [1.165, 1.54) is 7.11 Å². The summed E-state index contributed by atoms with van der Waals surface area (Å²) in [6.07, 6.45) is 11.7. The average Bonchev–Trinajstić information content (AvgIpc) is 2.43. The third-order valence-electron chi connectivity index (χ3n) is 4.08. The molecule has 1 unspecified atom stereocenters. The number of terminal acetylenes is 1. The van der Waals surface area contributed by atoms with E-state index in [0.29, 0.717) is 25.7 Å². The van der Waals surface area contributed by atoms with E-state index < -0.39 is 11.4 Å². The standard InChI is InChI=1S/C17H24O3/c1-4-5-6-8-11-17(16(19)20-3)12-9-7-10-14(2)13-15(17)18/h1H,2,5-13H2,3H3. The molecule has 0 aliphatic heterocycles. The number of methoxy groups -OCH3 is 1. The number of rotatable bonds is 5. The Kier molecular flexibility index (Phi) is 6.51. The molecule has 3 heteroatoms. The van der Waals surface area contributed by atoms with Gasteiger partial charge in [0.15, 0.2) is 5.78 Å². The zero-order valence-electron chi connectivity index (χ0n) is 12.4. The monoisotopic (exact) mass is 276 g/mol. The fourth-order valence-corrected chi connectivity index (χ4v) is 2.86. The summed E-state index contributed by atoms with van der Waals surface area (Å²) in [4.78, 5) is 24.8. The number of allylic oxidation sites excluding steroid dienone is 1. The first-order valence-electron chi connectivity index (χ1n) is 7.28. The second-order valence-corrected chi connectivity index (χ2v) is 5.54. The number of hydrogen-bond acceptors (Lipinski definition) is 3. The molecule has 20 heavy (non-hydrogen) atoms. The molecule has 1 rings (SSSR count). The molecule has 0 spiro atoms. The smallest absolute Gasteiger partial charge is 0.319 e. The lowest BCUT2D eigenvalue weighted by Crippen LogP contribution is -2.41. The second kappa shape index (κ2) is 7.89. The average molecular weight is 276 g/mol. The van der Waals surface area contributed by atoms with Crippen molar-refractivity contribution in [2.24, 2.45) is 5.41 Å². The number of ketones is 1. The fourth-order valence-electron chi connectivity index (χ4n) is 2.86. The summed E-state index contributed by atoms with van der Waals surface area (Å²) in [6, 6.07) is 0. The van der Waals surface area contributed by atoms with Gasteiger partial charge in [0.1, 0.15) is 5.41 Å². The van der Waals surface area contributed by atoms with Gasteiger partial charge in [-0.3, -0.25) is 9.59 Å². The Bertz CT molecular complexity index is 416. The molecule has 0 bridgehead atoms. The molecule has 0 heterocycles. The van der Waals surface area contributed by atoms with E-state index in [1.54, 1.807) is 0 Å². The van der Waals surface area contributed by atoms with Crippen molar-refractivity contribution in [2.45, 2.75) is 57.8 Å². The number of esters is 1. The van der Waals surface area contributed by atoms with Gasteiger partial charge in [0.05, 0.1) is 7.11 Å². The third-order valence-corrected chi connectivity index (χ3v) is 4.08. The van der Waals surface area contributed by atoms with E-state index in [2.05, 4.69) is 12.5 Å². The molecule has 0 N–H and O–H groups in total. The fraction of sp³-hybridized carbons (Fsp3) is 0.647. The van der Waals surface area contributed by atoms with Crippen molar-refractivity contribution in [3.05, 3.63) is 12.2 Å². The van der Waals surface area contributed by atoms with Gasteiger partial charge in [0, 0.05) is 12.8 Å². The Labute approximate surface area is 121 Å². The molecule has 0 aromatic heterocycles. The van der Waals surface area contributed by atoms with Crippen LogP contribution in [0, 0.1) is 17.8 Å². The molecular weight excluding hydrogens is 252 g/mol. The first kappa shape index (κ1) is 16.5. The number of carbonyl (C=O) groups excluding carboxylic acids is 2. The highest BCUT2D eigenvalue weighted by molar-refractivity contribution is 6.04. The number of ether oxygens (including phenoxy) is 1. The second-order valence-electron chi connectivity index (χ2n) is 5.54. The highest BCUT2D eigenvalue weighted by atomic mass is 16.5. The van der Waals surface area contributed by atoms with Gasteiger partial charge in [0.25, 0.3) is 0 Å². The molecule has 110 valence electrons. The Morgan fingerprint density at radius 2 is 2.20 bits per heavy atom. The van der Waals surface area contributed by atoms with Crippen molar-refractivity contribution in [2.75, 3.05) is 7.11 Å². The minimum absolute atomic E-state index is 0.0326. The number of carbonyl (C=O) groups is 2. The summed E-state index contributed by atoms with van der Waals surface area (Å²) in [7, 11) is 1.35. The Morgan fingerprint density at radius 1 is 1.45 bits per heavy atom. The zero-order chi connectivity index (χ0) is 15.0.